The minimum atomic E-state index is 0.381. The Morgan fingerprint density at radius 3 is 2.88 bits per heavy atom. The summed E-state index contributed by atoms with van der Waals surface area (Å²) in [4.78, 5) is 0. The van der Waals surface area contributed by atoms with Gasteiger partial charge in [-0.15, -0.1) is 5.10 Å². The van der Waals surface area contributed by atoms with Gasteiger partial charge in [0.1, 0.15) is 5.75 Å². The molecule has 1 aromatic carbocycles. The molecule has 2 aromatic rings. The van der Waals surface area contributed by atoms with Crippen LogP contribution in [-0.2, 0) is 6.54 Å². The molecule has 4 nitrogen and oxygen atoms in total. The molecule has 0 aliphatic carbocycles. The standard InChI is InChI=1S/C12H12ClN3O/c1-8-4-12(16-15-7-8)17-11-5-10(13)3-2-9(11)6-14/h2-5,7H,6,14H2,1H3. The molecule has 0 radical (unpaired) electrons. The molecule has 0 spiro atoms. The Bertz CT molecular complexity index is 531. The van der Waals surface area contributed by atoms with Crippen LogP contribution in [0.15, 0.2) is 30.5 Å². The smallest absolute Gasteiger partial charge is 0.239 e. The molecule has 0 saturated heterocycles. The Morgan fingerprint density at radius 1 is 1.35 bits per heavy atom. The summed E-state index contributed by atoms with van der Waals surface area (Å²) in [5, 5.41) is 8.30. The van der Waals surface area contributed by atoms with E-state index in [0.717, 1.165) is 11.1 Å². The first-order valence-corrected chi connectivity index (χ1v) is 5.52. The predicted molar refractivity (Wildman–Crippen MR) is 66.2 cm³/mol. The molecule has 0 unspecified atom stereocenters. The largest absolute Gasteiger partial charge is 0.437 e. The molecule has 5 heteroatoms. The van der Waals surface area contributed by atoms with Crippen LogP contribution in [0.2, 0.25) is 5.02 Å². The number of nitrogens with zero attached hydrogens (tertiary/aromatic N) is 2. The third-order valence-electron chi connectivity index (χ3n) is 2.23. The van der Waals surface area contributed by atoms with Gasteiger partial charge in [0.2, 0.25) is 5.88 Å². The monoisotopic (exact) mass is 249 g/mol. The van der Waals surface area contributed by atoms with Gasteiger partial charge in [-0.1, -0.05) is 17.7 Å². The van der Waals surface area contributed by atoms with E-state index in [1.807, 2.05) is 13.0 Å². The summed E-state index contributed by atoms with van der Waals surface area (Å²) in [6.45, 7) is 2.30. The fraction of sp³-hybridized carbons (Fsp3) is 0.167. The summed E-state index contributed by atoms with van der Waals surface area (Å²) in [5.41, 5.74) is 7.48. The van der Waals surface area contributed by atoms with E-state index in [9.17, 15) is 0 Å². The lowest BCUT2D eigenvalue weighted by atomic mass is 10.2. The van der Waals surface area contributed by atoms with Gasteiger partial charge in [0.05, 0.1) is 6.20 Å². The van der Waals surface area contributed by atoms with Gasteiger partial charge in [-0.05, 0) is 24.6 Å². The number of nitrogens with two attached hydrogens (primary N) is 1. The van der Waals surface area contributed by atoms with E-state index in [2.05, 4.69) is 10.2 Å². The summed E-state index contributed by atoms with van der Waals surface area (Å²) in [7, 11) is 0. The molecule has 0 amide bonds. The quantitative estimate of drug-likeness (QED) is 0.909. The van der Waals surface area contributed by atoms with Gasteiger partial charge in [-0.3, -0.25) is 0 Å². The highest BCUT2D eigenvalue weighted by atomic mass is 35.5. The van der Waals surface area contributed by atoms with Crippen molar-refractivity contribution in [1.82, 2.24) is 10.2 Å². The first-order chi connectivity index (χ1) is 8.19. The zero-order chi connectivity index (χ0) is 12.3. The predicted octanol–water partition coefficient (Wildman–Crippen LogP) is 2.69. The molecule has 0 atom stereocenters. The molecule has 2 N–H and O–H groups in total. The van der Waals surface area contributed by atoms with Crippen LogP contribution in [0.4, 0.5) is 0 Å². The Kier molecular flexibility index (Phi) is 3.56. The number of hydrogen-bond acceptors (Lipinski definition) is 4. The highest BCUT2D eigenvalue weighted by molar-refractivity contribution is 6.30. The Labute approximate surface area is 104 Å². The molecule has 0 fully saturated rings. The fourth-order valence-electron chi connectivity index (χ4n) is 1.39. The van der Waals surface area contributed by atoms with E-state index < -0.39 is 0 Å². The molecule has 88 valence electrons. The summed E-state index contributed by atoms with van der Waals surface area (Å²) in [5.74, 6) is 1.04. The zero-order valence-electron chi connectivity index (χ0n) is 9.35. The summed E-state index contributed by atoms with van der Waals surface area (Å²) >= 11 is 5.91. The zero-order valence-corrected chi connectivity index (χ0v) is 10.1. The molecule has 1 aromatic heterocycles. The van der Waals surface area contributed by atoms with Gasteiger partial charge in [-0.2, -0.15) is 5.10 Å². The number of aromatic nitrogens is 2. The van der Waals surface area contributed by atoms with E-state index in [1.165, 1.54) is 0 Å². The van der Waals surface area contributed by atoms with Crippen LogP contribution in [0.1, 0.15) is 11.1 Å². The number of halogens is 1. The third-order valence-corrected chi connectivity index (χ3v) is 2.47. The highest BCUT2D eigenvalue weighted by Crippen LogP contribution is 2.27. The van der Waals surface area contributed by atoms with Crippen LogP contribution in [0.3, 0.4) is 0 Å². The number of rotatable bonds is 3. The molecule has 1 heterocycles. The first-order valence-electron chi connectivity index (χ1n) is 5.14. The summed E-state index contributed by atoms with van der Waals surface area (Å²) in [6.07, 6.45) is 1.66. The molecule has 2 rings (SSSR count). The van der Waals surface area contributed by atoms with Gasteiger partial charge in [-0.25, -0.2) is 0 Å². The number of ether oxygens (including phenoxy) is 1. The minimum absolute atomic E-state index is 0.381. The Hall–Kier alpha value is -1.65. The second-order valence-corrected chi connectivity index (χ2v) is 4.07. The van der Waals surface area contributed by atoms with Crippen LogP contribution >= 0.6 is 11.6 Å². The number of benzene rings is 1. The van der Waals surface area contributed by atoms with Crippen molar-refractivity contribution >= 4 is 11.6 Å². The molecule has 0 saturated carbocycles. The van der Waals surface area contributed by atoms with Crippen molar-refractivity contribution in [1.29, 1.82) is 0 Å². The van der Waals surface area contributed by atoms with Gasteiger partial charge >= 0.3 is 0 Å². The first kappa shape index (κ1) is 11.8. The van der Waals surface area contributed by atoms with Crippen LogP contribution in [0, 0.1) is 6.92 Å². The van der Waals surface area contributed by atoms with Crippen LogP contribution in [-0.4, -0.2) is 10.2 Å². The van der Waals surface area contributed by atoms with Gasteiger partial charge in [0, 0.05) is 23.2 Å². The summed E-state index contributed by atoms with van der Waals surface area (Å²) in [6, 6.07) is 7.13. The van der Waals surface area contributed by atoms with Crippen LogP contribution in [0.25, 0.3) is 0 Å². The van der Waals surface area contributed by atoms with Crippen molar-refractivity contribution in [2.75, 3.05) is 0 Å². The maximum atomic E-state index is 5.91. The Balaban J connectivity index is 2.32. The van der Waals surface area contributed by atoms with Crippen molar-refractivity contribution in [3.63, 3.8) is 0 Å². The second-order valence-electron chi connectivity index (χ2n) is 3.63. The van der Waals surface area contributed by atoms with Crippen molar-refractivity contribution < 1.29 is 4.74 Å². The lowest BCUT2D eigenvalue weighted by molar-refractivity contribution is 0.449. The molecule has 0 aliphatic rings. The van der Waals surface area contributed by atoms with E-state index in [4.69, 9.17) is 22.1 Å². The average Bonchev–Trinajstić information content (AvgIpc) is 2.29. The van der Waals surface area contributed by atoms with E-state index >= 15 is 0 Å². The van der Waals surface area contributed by atoms with Gasteiger partial charge in [0.25, 0.3) is 0 Å². The van der Waals surface area contributed by atoms with Crippen molar-refractivity contribution in [3.05, 3.63) is 46.6 Å². The Morgan fingerprint density at radius 2 is 2.18 bits per heavy atom. The van der Waals surface area contributed by atoms with Crippen molar-refractivity contribution in [3.8, 4) is 11.6 Å². The van der Waals surface area contributed by atoms with E-state index in [-0.39, 0.29) is 0 Å². The lowest BCUT2D eigenvalue weighted by Crippen LogP contribution is -2.00. The highest BCUT2D eigenvalue weighted by Gasteiger charge is 2.06. The fourth-order valence-corrected chi connectivity index (χ4v) is 1.55. The SMILES string of the molecule is Cc1cnnc(Oc2cc(Cl)ccc2CN)c1. The van der Waals surface area contributed by atoms with Gasteiger partial charge < -0.3 is 10.5 Å². The van der Waals surface area contributed by atoms with Gasteiger partial charge in [0.15, 0.2) is 0 Å². The number of aryl methyl sites for hydroxylation is 1. The molecule has 0 aliphatic heterocycles. The van der Waals surface area contributed by atoms with Crippen LogP contribution in [0.5, 0.6) is 11.6 Å². The normalized spacial score (nSPS) is 10.3. The van der Waals surface area contributed by atoms with E-state index in [0.29, 0.717) is 23.2 Å². The van der Waals surface area contributed by atoms with Crippen molar-refractivity contribution in [2.45, 2.75) is 13.5 Å². The minimum Gasteiger partial charge on any atom is -0.437 e. The molecular weight excluding hydrogens is 238 g/mol. The maximum Gasteiger partial charge on any atom is 0.239 e. The second kappa shape index (κ2) is 5.12. The topological polar surface area (TPSA) is 61.0 Å². The molecule has 17 heavy (non-hydrogen) atoms. The third kappa shape index (κ3) is 2.93. The molecule has 0 bridgehead atoms. The lowest BCUT2D eigenvalue weighted by Gasteiger charge is -2.09. The van der Waals surface area contributed by atoms with E-state index in [1.54, 1.807) is 24.4 Å². The average molecular weight is 250 g/mol. The van der Waals surface area contributed by atoms with Crippen molar-refractivity contribution in [2.24, 2.45) is 5.73 Å². The summed E-state index contributed by atoms with van der Waals surface area (Å²) < 4.78 is 5.62. The molecular formula is C12H12ClN3O. The maximum absolute atomic E-state index is 5.91. The van der Waals surface area contributed by atoms with Crippen LogP contribution < -0.4 is 10.5 Å². The number of hydrogen-bond donors (Lipinski definition) is 1.